The van der Waals surface area contributed by atoms with Crippen LogP contribution in [-0.4, -0.2) is 34.3 Å². The van der Waals surface area contributed by atoms with Crippen molar-refractivity contribution in [1.29, 1.82) is 0 Å². The predicted molar refractivity (Wildman–Crippen MR) is 133 cm³/mol. The molecule has 0 radical (unpaired) electrons. The lowest BCUT2D eigenvalue weighted by molar-refractivity contribution is 0.0523. The van der Waals surface area contributed by atoms with Crippen molar-refractivity contribution in [3.63, 3.8) is 0 Å². The van der Waals surface area contributed by atoms with Crippen molar-refractivity contribution in [2.24, 2.45) is 0 Å². The van der Waals surface area contributed by atoms with Gasteiger partial charge in [0.1, 0.15) is 5.75 Å². The van der Waals surface area contributed by atoms with Crippen molar-refractivity contribution in [3.8, 4) is 5.75 Å². The minimum atomic E-state index is -0.482. The summed E-state index contributed by atoms with van der Waals surface area (Å²) in [5.41, 5.74) is 2.44. The quantitative estimate of drug-likeness (QED) is 0.349. The topological polar surface area (TPSA) is 88.6 Å². The third-order valence-corrected chi connectivity index (χ3v) is 6.31. The van der Waals surface area contributed by atoms with Crippen molar-refractivity contribution in [1.82, 2.24) is 9.88 Å². The summed E-state index contributed by atoms with van der Waals surface area (Å²) in [5.74, 6) is -0.861. The molecule has 1 N–H and O–H groups in total. The number of halogens is 2. The summed E-state index contributed by atoms with van der Waals surface area (Å²) in [7, 11) is 0. The highest BCUT2D eigenvalue weighted by Gasteiger charge is 2.35. The molecule has 174 valence electrons. The van der Waals surface area contributed by atoms with Crippen LogP contribution in [-0.2, 0) is 0 Å². The van der Waals surface area contributed by atoms with Crippen LogP contribution in [0.5, 0.6) is 5.75 Å². The molecule has 0 saturated heterocycles. The highest BCUT2D eigenvalue weighted by atomic mass is 35.5. The van der Waals surface area contributed by atoms with Crippen molar-refractivity contribution < 1.29 is 19.1 Å². The van der Waals surface area contributed by atoms with E-state index >= 15 is 0 Å². The number of anilines is 1. The average Bonchev–Trinajstić information content (AvgIpc) is 3.08. The first-order valence-electron chi connectivity index (χ1n) is 10.6. The largest absolute Gasteiger partial charge is 0.471 e. The van der Waals surface area contributed by atoms with Crippen LogP contribution in [0.25, 0.3) is 10.9 Å². The van der Waals surface area contributed by atoms with Crippen LogP contribution in [0.15, 0.2) is 66.9 Å². The number of nitrogens with one attached hydrogen (secondary N) is 1. The molecule has 1 aromatic heterocycles. The SMILES string of the molecule is Cc1cnc2c(NC(=O)c3c(Cl)cccc3Cl)cccc2c1OCN1C(=O)c2ccccc2C1=O. The lowest BCUT2D eigenvalue weighted by Crippen LogP contribution is -2.33. The van der Waals surface area contributed by atoms with Gasteiger partial charge in [0.25, 0.3) is 17.7 Å². The van der Waals surface area contributed by atoms with Crippen molar-refractivity contribution in [2.75, 3.05) is 12.0 Å². The summed E-state index contributed by atoms with van der Waals surface area (Å²) in [4.78, 5) is 43.8. The molecule has 1 aliphatic heterocycles. The number of para-hydroxylation sites is 1. The number of aromatic nitrogens is 1. The highest BCUT2D eigenvalue weighted by Crippen LogP contribution is 2.34. The number of aryl methyl sites for hydroxylation is 1. The number of rotatable bonds is 5. The Balaban J connectivity index is 1.44. The Labute approximate surface area is 210 Å². The Hall–Kier alpha value is -3.94. The molecule has 3 amide bonds. The van der Waals surface area contributed by atoms with Crippen LogP contribution < -0.4 is 10.1 Å². The lowest BCUT2D eigenvalue weighted by atomic mass is 10.1. The summed E-state index contributed by atoms with van der Waals surface area (Å²) >= 11 is 12.3. The normalized spacial score (nSPS) is 12.7. The Bertz CT molecular complexity index is 1480. The molecule has 0 spiro atoms. The number of carbonyl (C=O) groups excluding carboxylic acids is 3. The molecule has 35 heavy (non-hydrogen) atoms. The second-order valence-electron chi connectivity index (χ2n) is 7.88. The summed E-state index contributed by atoms with van der Waals surface area (Å²) < 4.78 is 5.98. The molecule has 0 saturated carbocycles. The van der Waals surface area contributed by atoms with E-state index in [0.717, 1.165) is 4.90 Å². The smallest absolute Gasteiger partial charge is 0.264 e. The second kappa shape index (κ2) is 9.02. The van der Waals surface area contributed by atoms with Gasteiger partial charge in [0.05, 0.1) is 37.9 Å². The maximum absolute atomic E-state index is 12.9. The van der Waals surface area contributed by atoms with Gasteiger partial charge in [0.2, 0.25) is 0 Å². The Morgan fingerprint density at radius 3 is 2.23 bits per heavy atom. The molecule has 9 heteroatoms. The van der Waals surface area contributed by atoms with Gasteiger partial charge in [0.15, 0.2) is 6.73 Å². The van der Waals surface area contributed by atoms with E-state index < -0.39 is 17.7 Å². The van der Waals surface area contributed by atoms with Gasteiger partial charge in [-0.15, -0.1) is 0 Å². The average molecular weight is 506 g/mol. The number of fused-ring (bicyclic) bond motifs is 2. The van der Waals surface area contributed by atoms with Crippen molar-refractivity contribution in [3.05, 3.63) is 99.2 Å². The Morgan fingerprint density at radius 1 is 0.943 bits per heavy atom. The number of carbonyl (C=O) groups is 3. The van der Waals surface area contributed by atoms with Gasteiger partial charge in [-0.25, -0.2) is 4.90 Å². The minimum absolute atomic E-state index is 0.155. The van der Waals surface area contributed by atoms with Crippen LogP contribution in [0.4, 0.5) is 5.69 Å². The molecule has 1 aliphatic rings. The molecule has 0 bridgehead atoms. The molecule has 5 rings (SSSR count). The number of nitrogens with zero attached hydrogens (tertiary/aromatic N) is 2. The fraction of sp³-hybridized carbons (Fsp3) is 0.0769. The molecule has 0 unspecified atom stereocenters. The molecule has 0 aliphatic carbocycles. The fourth-order valence-corrected chi connectivity index (χ4v) is 4.54. The Kier molecular flexibility index (Phi) is 5.88. The van der Waals surface area contributed by atoms with E-state index in [0.29, 0.717) is 39.0 Å². The standard InChI is InChI=1S/C26H17Cl2N3O4/c1-14-12-29-22-17(8-4-11-20(22)30-24(32)21-18(27)9-5-10-19(21)28)23(14)35-13-31-25(33)15-6-2-3-7-16(15)26(31)34/h2-12H,13H2,1H3,(H,30,32). The summed E-state index contributed by atoms with van der Waals surface area (Å²) in [5, 5.41) is 3.86. The summed E-state index contributed by atoms with van der Waals surface area (Å²) in [6, 6.07) is 16.7. The summed E-state index contributed by atoms with van der Waals surface area (Å²) in [6.07, 6.45) is 1.60. The maximum Gasteiger partial charge on any atom is 0.264 e. The van der Waals surface area contributed by atoms with E-state index in [1.807, 2.05) is 0 Å². The fourth-order valence-electron chi connectivity index (χ4n) is 3.98. The van der Waals surface area contributed by atoms with Gasteiger partial charge in [-0.2, -0.15) is 0 Å². The van der Waals surface area contributed by atoms with Crippen molar-refractivity contribution in [2.45, 2.75) is 6.92 Å². The van der Waals surface area contributed by atoms with Crippen LogP contribution >= 0.6 is 23.2 Å². The van der Waals surface area contributed by atoms with Crippen LogP contribution in [0.1, 0.15) is 36.6 Å². The van der Waals surface area contributed by atoms with Gasteiger partial charge in [-0.3, -0.25) is 19.4 Å². The molecule has 4 aromatic rings. The lowest BCUT2D eigenvalue weighted by Gasteiger charge is -2.18. The highest BCUT2D eigenvalue weighted by molar-refractivity contribution is 6.40. The van der Waals surface area contributed by atoms with E-state index in [1.54, 1.807) is 73.8 Å². The minimum Gasteiger partial charge on any atom is -0.471 e. The van der Waals surface area contributed by atoms with Crippen molar-refractivity contribution >= 4 is 57.5 Å². The molecular formula is C26H17Cl2N3O4. The number of hydrogen-bond acceptors (Lipinski definition) is 5. The third kappa shape index (κ3) is 3.99. The first-order valence-corrected chi connectivity index (χ1v) is 11.3. The first kappa shape index (κ1) is 22.8. The van der Waals surface area contributed by atoms with E-state index in [4.69, 9.17) is 27.9 Å². The Morgan fingerprint density at radius 2 is 1.57 bits per heavy atom. The van der Waals surface area contributed by atoms with E-state index in [1.165, 1.54) is 0 Å². The molecule has 2 heterocycles. The van der Waals surface area contributed by atoms with Crippen LogP contribution in [0.2, 0.25) is 10.0 Å². The monoisotopic (exact) mass is 505 g/mol. The van der Waals surface area contributed by atoms with Gasteiger partial charge in [0, 0.05) is 17.1 Å². The van der Waals surface area contributed by atoms with Crippen LogP contribution in [0.3, 0.4) is 0 Å². The number of pyridine rings is 1. The maximum atomic E-state index is 12.9. The second-order valence-corrected chi connectivity index (χ2v) is 8.69. The zero-order valence-corrected chi connectivity index (χ0v) is 19.9. The third-order valence-electron chi connectivity index (χ3n) is 5.68. The zero-order chi connectivity index (χ0) is 24.7. The first-order chi connectivity index (χ1) is 16.9. The number of ether oxygens (including phenoxy) is 1. The molecule has 7 nitrogen and oxygen atoms in total. The van der Waals surface area contributed by atoms with Gasteiger partial charge < -0.3 is 10.1 Å². The van der Waals surface area contributed by atoms with E-state index in [2.05, 4.69) is 10.3 Å². The van der Waals surface area contributed by atoms with Crippen LogP contribution in [0, 0.1) is 6.92 Å². The number of hydrogen-bond donors (Lipinski definition) is 1. The predicted octanol–water partition coefficient (Wildman–Crippen LogP) is 5.73. The van der Waals surface area contributed by atoms with E-state index in [-0.39, 0.29) is 22.3 Å². The van der Waals surface area contributed by atoms with E-state index in [9.17, 15) is 14.4 Å². The molecule has 3 aromatic carbocycles. The molecule has 0 fully saturated rings. The molecular weight excluding hydrogens is 489 g/mol. The number of benzene rings is 3. The zero-order valence-electron chi connectivity index (χ0n) is 18.3. The molecule has 0 atom stereocenters. The number of imide groups is 1. The van der Waals surface area contributed by atoms with Gasteiger partial charge >= 0.3 is 0 Å². The summed E-state index contributed by atoms with van der Waals surface area (Å²) in [6.45, 7) is 1.54. The van der Waals surface area contributed by atoms with Gasteiger partial charge in [-0.1, -0.05) is 47.5 Å². The number of amides is 3. The van der Waals surface area contributed by atoms with Gasteiger partial charge in [-0.05, 0) is 43.3 Å².